The van der Waals surface area contributed by atoms with Gasteiger partial charge < -0.3 is 11.1 Å². The Morgan fingerprint density at radius 1 is 1.00 bits per heavy atom. The summed E-state index contributed by atoms with van der Waals surface area (Å²) in [6.07, 6.45) is 13.8. The van der Waals surface area contributed by atoms with Crippen molar-refractivity contribution in [2.24, 2.45) is 11.7 Å². The van der Waals surface area contributed by atoms with Crippen molar-refractivity contribution < 1.29 is 0 Å². The molecule has 2 saturated carbocycles. The first-order chi connectivity index (χ1) is 19.0. The smallest absolute Gasteiger partial charge is 0.260 e. The number of aromatic nitrogens is 5. The van der Waals surface area contributed by atoms with E-state index in [0.717, 1.165) is 54.6 Å². The highest BCUT2D eigenvalue weighted by molar-refractivity contribution is 6.33. The maximum absolute atomic E-state index is 14.2. The lowest BCUT2D eigenvalue weighted by Gasteiger charge is -2.29. The fraction of sp³-hybridized carbons (Fsp3) is 0.433. The summed E-state index contributed by atoms with van der Waals surface area (Å²) in [5.41, 5.74) is 10.4. The summed E-state index contributed by atoms with van der Waals surface area (Å²) in [6.45, 7) is 2.76. The van der Waals surface area contributed by atoms with Gasteiger partial charge in [0.15, 0.2) is 0 Å². The minimum atomic E-state index is -0.0894. The average Bonchev–Trinajstić information content (AvgIpc) is 3.46. The summed E-state index contributed by atoms with van der Waals surface area (Å²) < 4.78 is 1.87. The Labute approximate surface area is 233 Å². The number of benzene rings is 1. The van der Waals surface area contributed by atoms with Gasteiger partial charge in [0.25, 0.3) is 5.56 Å². The van der Waals surface area contributed by atoms with Crippen LogP contribution in [-0.2, 0) is 0 Å². The summed E-state index contributed by atoms with van der Waals surface area (Å²) in [4.78, 5) is 32.4. The first-order valence-electron chi connectivity index (χ1n) is 14.0. The topological polar surface area (TPSA) is 112 Å². The highest BCUT2D eigenvalue weighted by atomic mass is 35.5. The van der Waals surface area contributed by atoms with Crippen LogP contribution in [0.25, 0.3) is 33.4 Å². The number of rotatable bonds is 6. The van der Waals surface area contributed by atoms with Crippen molar-refractivity contribution in [3.05, 3.63) is 63.9 Å². The van der Waals surface area contributed by atoms with E-state index in [-0.39, 0.29) is 17.6 Å². The third-order valence-corrected chi connectivity index (χ3v) is 8.53. The molecule has 2 aliphatic carbocycles. The van der Waals surface area contributed by atoms with E-state index < -0.39 is 0 Å². The molecule has 2 aliphatic rings. The van der Waals surface area contributed by atoms with Crippen LogP contribution in [0.4, 0.5) is 5.95 Å². The molecule has 1 aromatic carbocycles. The molecule has 0 radical (unpaired) electrons. The minimum Gasteiger partial charge on any atom is -0.354 e. The van der Waals surface area contributed by atoms with E-state index in [1.165, 1.54) is 25.7 Å². The maximum Gasteiger partial charge on any atom is 0.260 e. The molecule has 3 heterocycles. The zero-order valence-electron chi connectivity index (χ0n) is 22.2. The quantitative estimate of drug-likeness (QED) is 0.310. The van der Waals surface area contributed by atoms with Crippen LogP contribution in [0.5, 0.6) is 0 Å². The summed E-state index contributed by atoms with van der Waals surface area (Å²) in [5.74, 6) is 1.23. The number of aryl methyl sites for hydroxylation is 1. The van der Waals surface area contributed by atoms with E-state index in [1.54, 1.807) is 12.4 Å². The second kappa shape index (κ2) is 11.0. The Morgan fingerprint density at radius 3 is 2.54 bits per heavy atom. The fourth-order valence-electron chi connectivity index (χ4n) is 6.04. The highest BCUT2D eigenvalue weighted by Gasteiger charge is 2.25. The Hall–Kier alpha value is -3.36. The molecule has 202 valence electrons. The van der Waals surface area contributed by atoms with Gasteiger partial charge in [0.1, 0.15) is 5.65 Å². The predicted octanol–water partition coefficient (Wildman–Crippen LogP) is 5.92. The molecule has 6 rings (SSSR count). The lowest BCUT2D eigenvalue weighted by atomic mass is 9.91. The molecule has 4 aromatic rings. The summed E-state index contributed by atoms with van der Waals surface area (Å²) in [7, 11) is 0. The number of anilines is 1. The van der Waals surface area contributed by atoms with Gasteiger partial charge in [-0.05, 0) is 63.5 Å². The van der Waals surface area contributed by atoms with E-state index in [4.69, 9.17) is 22.3 Å². The van der Waals surface area contributed by atoms with Crippen molar-refractivity contribution in [3.63, 3.8) is 0 Å². The molecule has 3 aromatic heterocycles. The molecule has 0 spiro atoms. The third-order valence-electron chi connectivity index (χ3n) is 8.21. The molecule has 0 unspecified atom stereocenters. The Bertz CT molecular complexity index is 1560. The largest absolute Gasteiger partial charge is 0.354 e. The van der Waals surface area contributed by atoms with Crippen molar-refractivity contribution in [2.75, 3.05) is 11.9 Å². The summed E-state index contributed by atoms with van der Waals surface area (Å²) in [5, 5.41) is 4.73. The van der Waals surface area contributed by atoms with E-state index in [1.807, 2.05) is 42.0 Å². The monoisotopic (exact) mass is 543 g/mol. The maximum atomic E-state index is 14.2. The Balaban J connectivity index is 1.42. The molecule has 8 nitrogen and oxygen atoms in total. The number of fused-ring (bicyclic) bond motifs is 1. The standard InChI is InChI=1S/C30H34ClN7O/c1-18-14-33-17-27(36-18)20-6-11-24(26(31)13-20)25-12-21-16-35-30(34-15-19-4-2-3-5-19)37-28(21)38(29(25)39)23-9-7-22(32)8-10-23/h6,11-14,16-17,19,22-23H,2-5,7-10,15,32H2,1H3,(H,34,35,37). The zero-order chi connectivity index (χ0) is 26.9. The molecular formula is C30H34ClN7O. The van der Waals surface area contributed by atoms with E-state index >= 15 is 0 Å². The molecule has 39 heavy (non-hydrogen) atoms. The lowest BCUT2D eigenvalue weighted by Crippen LogP contribution is -2.33. The van der Waals surface area contributed by atoms with Crippen molar-refractivity contribution in [1.29, 1.82) is 0 Å². The fourth-order valence-corrected chi connectivity index (χ4v) is 6.32. The van der Waals surface area contributed by atoms with Gasteiger partial charge in [-0.1, -0.05) is 36.6 Å². The molecule has 9 heteroatoms. The van der Waals surface area contributed by atoms with Crippen LogP contribution >= 0.6 is 11.6 Å². The van der Waals surface area contributed by atoms with Gasteiger partial charge in [-0.25, -0.2) is 9.97 Å². The molecule has 0 bridgehead atoms. The second-order valence-corrected chi connectivity index (χ2v) is 11.5. The van der Waals surface area contributed by atoms with Gasteiger partial charge in [0.2, 0.25) is 5.95 Å². The van der Waals surface area contributed by atoms with Crippen LogP contribution in [0.3, 0.4) is 0 Å². The molecule has 3 N–H and O–H groups in total. The molecule has 0 atom stereocenters. The first kappa shape index (κ1) is 25.9. The molecular weight excluding hydrogens is 510 g/mol. The SMILES string of the molecule is Cc1cncc(-c2ccc(-c3cc4cnc(NCC5CCCC5)nc4n(C4CCC(N)CC4)c3=O)c(Cl)c2)n1. The van der Waals surface area contributed by atoms with Crippen LogP contribution in [-0.4, -0.2) is 37.1 Å². The van der Waals surface area contributed by atoms with Gasteiger partial charge in [0, 0.05) is 58.1 Å². The van der Waals surface area contributed by atoms with Gasteiger partial charge >= 0.3 is 0 Å². The van der Waals surface area contributed by atoms with Gasteiger partial charge in [-0.15, -0.1) is 0 Å². The second-order valence-electron chi connectivity index (χ2n) is 11.0. The minimum absolute atomic E-state index is 0.0259. The number of hydrogen-bond donors (Lipinski definition) is 2. The normalized spacial score (nSPS) is 20.0. The Kier molecular flexibility index (Phi) is 7.32. The van der Waals surface area contributed by atoms with Gasteiger partial charge in [-0.2, -0.15) is 4.98 Å². The zero-order valence-corrected chi connectivity index (χ0v) is 23.0. The van der Waals surface area contributed by atoms with Gasteiger partial charge in [0.05, 0.1) is 17.6 Å². The van der Waals surface area contributed by atoms with Crippen molar-refractivity contribution in [1.82, 2.24) is 24.5 Å². The van der Waals surface area contributed by atoms with E-state index in [0.29, 0.717) is 33.7 Å². The first-order valence-corrected chi connectivity index (χ1v) is 14.3. The summed E-state index contributed by atoms with van der Waals surface area (Å²) >= 11 is 6.81. The van der Waals surface area contributed by atoms with Crippen LogP contribution in [0.2, 0.25) is 5.02 Å². The number of nitrogens with one attached hydrogen (secondary N) is 1. The summed E-state index contributed by atoms with van der Waals surface area (Å²) in [6, 6.07) is 7.75. The number of nitrogens with zero attached hydrogens (tertiary/aromatic N) is 5. The predicted molar refractivity (Wildman–Crippen MR) is 156 cm³/mol. The third kappa shape index (κ3) is 5.40. The van der Waals surface area contributed by atoms with Crippen molar-refractivity contribution in [2.45, 2.75) is 70.4 Å². The average molecular weight is 544 g/mol. The van der Waals surface area contributed by atoms with E-state index in [9.17, 15) is 4.79 Å². The number of nitrogens with two attached hydrogens (primary N) is 1. The molecule has 2 fully saturated rings. The number of halogens is 1. The van der Waals surface area contributed by atoms with Crippen LogP contribution in [0.1, 0.15) is 63.1 Å². The van der Waals surface area contributed by atoms with Crippen LogP contribution in [0.15, 0.2) is 47.7 Å². The van der Waals surface area contributed by atoms with E-state index in [2.05, 4.69) is 20.3 Å². The van der Waals surface area contributed by atoms with Gasteiger partial charge in [-0.3, -0.25) is 14.3 Å². The highest BCUT2D eigenvalue weighted by Crippen LogP contribution is 2.34. The lowest BCUT2D eigenvalue weighted by molar-refractivity contribution is 0.323. The Morgan fingerprint density at radius 2 is 1.79 bits per heavy atom. The molecule has 0 amide bonds. The van der Waals surface area contributed by atoms with Crippen molar-refractivity contribution >= 4 is 28.6 Å². The van der Waals surface area contributed by atoms with Crippen molar-refractivity contribution in [3.8, 4) is 22.4 Å². The molecule has 0 aliphatic heterocycles. The number of hydrogen-bond acceptors (Lipinski definition) is 7. The van der Waals surface area contributed by atoms with Crippen LogP contribution < -0.4 is 16.6 Å². The number of pyridine rings is 1. The molecule has 0 saturated heterocycles. The van der Waals surface area contributed by atoms with Crippen LogP contribution in [0, 0.1) is 12.8 Å².